The number of hydrogen-bond acceptors (Lipinski definition) is 5. The maximum absolute atomic E-state index is 12.9. The van der Waals surface area contributed by atoms with E-state index < -0.39 is 5.91 Å². The molecule has 6 nitrogen and oxygen atoms in total. The van der Waals surface area contributed by atoms with Gasteiger partial charge in [-0.05, 0) is 44.2 Å². The minimum Gasteiger partial charge on any atom is -0.494 e. The van der Waals surface area contributed by atoms with Crippen LogP contribution >= 0.6 is 11.3 Å². The number of para-hydroxylation sites is 1. The zero-order valence-corrected chi connectivity index (χ0v) is 17.5. The average molecular weight is 420 g/mol. The summed E-state index contributed by atoms with van der Waals surface area (Å²) in [5.74, 6) is 3.66. The Morgan fingerprint density at radius 1 is 1.20 bits per heavy atom. The molecule has 0 aliphatic rings. The molecule has 0 saturated heterocycles. The van der Waals surface area contributed by atoms with Crippen molar-refractivity contribution >= 4 is 38.4 Å². The fourth-order valence-electron chi connectivity index (χ4n) is 3.19. The molecule has 0 spiro atoms. The van der Waals surface area contributed by atoms with Gasteiger partial charge in [-0.1, -0.05) is 29.4 Å². The number of amides is 1. The lowest BCUT2D eigenvalue weighted by atomic mass is 10.2. The van der Waals surface area contributed by atoms with Crippen molar-refractivity contribution < 1.29 is 18.7 Å². The van der Waals surface area contributed by atoms with Crippen molar-refractivity contribution in [2.45, 2.75) is 20.4 Å². The number of thiazole rings is 1. The first-order valence-corrected chi connectivity index (χ1v) is 10.4. The minimum absolute atomic E-state index is 0.150. The highest BCUT2D eigenvalue weighted by molar-refractivity contribution is 7.16. The molecule has 0 radical (unpaired) electrons. The van der Waals surface area contributed by atoms with Crippen LogP contribution in [0.25, 0.3) is 21.2 Å². The number of carbonyl (C=O) groups is 1. The number of nitrogens with zero attached hydrogens (tertiary/aromatic N) is 2. The van der Waals surface area contributed by atoms with Gasteiger partial charge in [0.05, 0.1) is 30.0 Å². The number of aromatic nitrogens is 1. The first kappa shape index (κ1) is 19.8. The van der Waals surface area contributed by atoms with Crippen LogP contribution in [0.3, 0.4) is 0 Å². The molecule has 7 heteroatoms. The van der Waals surface area contributed by atoms with E-state index in [-0.39, 0.29) is 5.76 Å². The summed E-state index contributed by atoms with van der Waals surface area (Å²) in [4.78, 5) is 17.7. The monoisotopic (exact) mass is 420 g/mol. The lowest BCUT2D eigenvalue weighted by molar-refractivity contribution is 0.0973. The standard InChI is InChI=1S/C23H20N2O4S/c1-4-12-25-17-11-10-16(27-5-2)14-20(17)30-23(25)24-22(26)19-13-15-8-7-9-18(28-6-3)21(15)29-19/h1,7-11,13-14H,5-6,12H2,2-3H3. The van der Waals surface area contributed by atoms with E-state index in [0.717, 1.165) is 21.4 Å². The van der Waals surface area contributed by atoms with Crippen LogP contribution in [0.1, 0.15) is 24.4 Å². The summed E-state index contributed by atoms with van der Waals surface area (Å²) in [5.41, 5.74) is 1.43. The quantitative estimate of drug-likeness (QED) is 0.427. The van der Waals surface area contributed by atoms with Crippen LogP contribution < -0.4 is 14.3 Å². The third kappa shape index (κ3) is 3.70. The van der Waals surface area contributed by atoms with Crippen LogP contribution in [0.15, 0.2) is 51.9 Å². The van der Waals surface area contributed by atoms with E-state index in [2.05, 4.69) is 10.9 Å². The molecule has 0 unspecified atom stereocenters. The molecule has 2 aromatic heterocycles. The highest BCUT2D eigenvalue weighted by Gasteiger charge is 2.16. The molecule has 0 aliphatic heterocycles. The molecular weight excluding hydrogens is 400 g/mol. The number of terminal acetylenes is 1. The molecule has 2 heterocycles. The molecule has 0 N–H and O–H groups in total. The van der Waals surface area contributed by atoms with Crippen molar-refractivity contribution in [1.82, 2.24) is 4.57 Å². The molecule has 0 bridgehead atoms. The van der Waals surface area contributed by atoms with E-state index in [0.29, 0.717) is 35.9 Å². The number of carbonyl (C=O) groups excluding carboxylic acids is 1. The molecular formula is C23H20N2O4S. The predicted molar refractivity (Wildman–Crippen MR) is 117 cm³/mol. The van der Waals surface area contributed by atoms with E-state index in [1.165, 1.54) is 11.3 Å². The second-order valence-corrected chi connectivity index (χ2v) is 7.38. The molecule has 0 saturated carbocycles. The maximum atomic E-state index is 12.9. The zero-order valence-electron chi connectivity index (χ0n) is 16.7. The van der Waals surface area contributed by atoms with Crippen LogP contribution in [-0.4, -0.2) is 23.7 Å². The normalized spacial score (nSPS) is 11.7. The number of ether oxygens (including phenoxy) is 2. The second kappa shape index (κ2) is 8.47. The van der Waals surface area contributed by atoms with Gasteiger partial charge in [0.2, 0.25) is 0 Å². The summed E-state index contributed by atoms with van der Waals surface area (Å²) in [6.07, 6.45) is 5.55. The fraction of sp³-hybridized carbons (Fsp3) is 0.217. The Labute approximate surface area is 177 Å². The largest absolute Gasteiger partial charge is 0.494 e. The molecule has 1 amide bonds. The molecule has 0 atom stereocenters. The fourth-order valence-corrected chi connectivity index (χ4v) is 4.25. The van der Waals surface area contributed by atoms with Gasteiger partial charge in [-0.25, -0.2) is 0 Å². The van der Waals surface area contributed by atoms with Crippen molar-refractivity contribution in [3.8, 4) is 23.8 Å². The van der Waals surface area contributed by atoms with Gasteiger partial charge in [0.15, 0.2) is 21.9 Å². The van der Waals surface area contributed by atoms with Crippen LogP contribution in [-0.2, 0) is 6.54 Å². The Balaban J connectivity index is 1.79. The summed E-state index contributed by atoms with van der Waals surface area (Å²) in [6.45, 7) is 5.21. The minimum atomic E-state index is -0.476. The van der Waals surface area contributed by atoms with Gasteiger partial charge in [-0.2, -0.15) is 4.99 Å². The van der Waals surface area contributed by atoms with Crippen LogP contribution in [0.4, 0.5) is 0 Å². The predicted octanol–water partition coefficient (Wildman–Crippen LogP) is 4.62. The number of benzene rings is 2. The van der Waals surface area contributed by atoms with Crippen LogP contribution in [0.5, 0.6) is 11.5 Å². The lowest BCUT2D eigenvalue weighted by Gasteiger charge is -2.03. The second-order valence-electron chi connectivity index (χ2n) is 6.37. The van der Waals surface area contributed by atoms with Crippen molar-refractivity contribution in [1.29, 1.82) is 0 Å². The summed E-state index contributed by atoms with van der Waals surface area (Å²) >= 11 is 1.38. The van der Waals surface area contributed by atoms with Crippen molar-refractivity contribution in [2.24, 2.45) is 4.99 Å². The van der Waals surface area contributed by atoms with Crippen molar-refractivity contribution in [3.05, 3.63) is 53.0 Å². The van der Waals surface area contributed by atoms with Gasteiger partial charge in [0, 0.05) is 5.39 Å². The molecule has 0 fully saturated rings. The molecule has 4 aromatic rings. The lowest BCUT2D eigenvalue weighted by Crippen LogP contribution is -2.16. The Hall–Kier alpha value is -3.50. The van der Waals surface area contributed by atoms with E-state index in [9.17, 15) is 4.79 Å². The van der Waals surface area contributed by atoms with E-state index in [4.69, 9.17) is 20.3 Å². The van der Waals surface area contributed by atoms with Crippen molar-refractivity contribution in [2.75, 3.05) is 13.2 Å². The SMILES string of the molecule is C#CCn1c(=NC(=O)c2cc3cccc(OCC)c3o2)sc2cc(OCC)ccc21. The molecule has 0 aliphatic carbocycles. The van der Waals surface area contributed by atoms with Crippen LogP contribution in [0.2, 0.25) is 0 Å². The van der Waals surface area contributed by atoms with Gasteiger partial charge in [0.25, 0.3) is 0 Å². The summed E-state index contributed by atoms with van der Waals surface area (Å²) in [6, 6.07) is 12.9. The highest BCUT2D eigenvalue weighted by Crippen LogP contribution is 2.29. The molecule has 152 valence electrons. The molecule has 2 aromatic carbocycles. The summed E-state index contributed by atoms with van der Waals surface area (Å²) in [5, 5.41) is 0.786. The van der Waals surface area contributed by atoms with E-state index in [1.807, 2.05) is 54.8 Å². The maximum Gasteiger partial charge on any atom is 0.315 e. The Bertz CT molecular complexity index is 1340. The first-order chi connectivity index (χ1) is 14.6. The third-order valence-corrected chi connectivity index (χ3v) is 5.47. The molecule has 4 rings (SSSR count). The number of fused-ring (bicyclic) bond motifs is 2. The first-order valence-electron chi connectivity index (χ1n) is 9.58. The third-order valence-electron chi connectivity index (χ3n) is 4.43. The summed E-state index contributed by atoms with van der Waals surface area (Å²) < 4.78 is 19.7. The summed E-state index contributed by atoms with van der Waals surface area (Å²) in [7, 11) is 0. The van der Waals surface area contributed by atoms with Crippen LogP contribution in [0, 0.1) is 12.3 Å². The highest BCUT2D eigenvalue weighted by atomic mass is 32.1. The van der Waals surface area contributed by atoms with Gasteiger partial charge >= 0.3 is 5.91 Å². The van der Waals surface area contributed by atoms with E-state index >= 15 is 0 Å². The smallest absolute Gasteiger partial charge is 0.315 e. The van der Waals surface area contributed by atoms with Gasteiger partial charge < -0.3 is 18.5 Å². The average Bonchev–Trinajstić information content (AvgIpc) is 3.31. The van der Waals surface area contributed by atoms with Crippen molar-refractivity contribution in [3.63, 3.8) is 0 Å². The van der Waals surface area contributed by atoms with Gasteiger partial charge in [0.1, 0.15) is 5.75 Å². The number of furan rings is 1. The van der Waals surface area contributed by atoms with E-state index in [1.54, 1.807) is 6.07 Å². The Morgan fingerprint density at radius 3 is 2.80 bits per heavy atom. The van der Waals surface area contributed by atoms with Gasteiger partial charge in [-0.15, -0.1) is 6.42 Å². The molecule has 30 heavy (non-hydrogen) atoms. The number of hydrogen-bond donors (Lipinski definition) is 0. The Kier molecular flexibility index (Phi) is 5.59. The van der Waals surface area contributed by atoms with Gasteiger partial charge in [-0.3, -0.25) is 4.79 Å². The number of rotatable bonds is 6. The zero-order chi connectivity index (χ0) is 21.1. The topological polar surface area (TPSA) is 66.0 Å². The Morgan fingerprint density at radius 2 is 2.03 bits per heavy atom.